The summed E-state index contributed by atoms with van der Waals surface area (Å²) in [7, 11) is -3.38. The summed E-state index contributed by atoms with van der Waals surface area (Å²) in [6, 6.07) is 1.60. The second kappa shape index (κ2) is 9.95. The number of nitrogens with one attached hydrogen (secondary N) is 1. The Morgan fingerprint density at radius 2 is 1.90 bits per heavy atom. The Hall–Kier alpha value is -0.880. The molecule has 29 heavy (non-hydrogen) atoms. The highest BCUT2D eigenvalue weighted by molar-refractivity contribution is 14.0. The van der Waals surface area contributed by atoms with Gasteiger partial charge in [0, 0.05) is 45.3 Å². The van der Waals surface area contributed by atoms with Crippen molar-refractivity contribution in [3.63, 3.8) is 0 Å². The summed E-state index contributed by atoms with van der Waals surface area (Å²) in [6.45, 7) is 6.05. The normalized spacial score (nSPS) is 21.3. The Kier molecular flexibility index (Phi) is 7.82. The van der Waals surface area contributed by atoms with Crippen molar-refractivity contribution in [2.75, 3.05) is 39.3 Å². The summed E-state index contributed by atoms with van der Waals surface area (Å²) in [5, 5.41) is 7.12. The van der Waals surface area contributed by atoms with Crippen LogP contribution < -0.4 is 5.32 Å². The molecule has 4 rings (SSSR count). The van der Waals surface area contributed by atoms with Crippen LogP contribution in [-0.2, 0) is 15.8 Å². The highest BCUT2D eigenvalue weighted by Gasteiger charge is 2.41. The lowest BCUT2D eigenvalue weighted by Crippen LogP contribution is -2.54. The zero-order valence-corrected chi connectivity index (χ0v) is 20.1. The van der Waals surface area contributed by atoms with Crippen LogP contribution in [0.25, 0.3) is 0 Å². The van der Waals surface area contributed by atoms with Crippen LogP contribution >= 0.6 is 24.0 Å². The van der Waals surface area contributed by atoms with Crippen LogP contribution in [0.15, 0.2) is 21.8 Å². The van der Waals surface area contributed by atoms with Gasteiger partial charge >= 0.3 is 0 Å². The average Bonchev–Trinajstić information content (AvgIpc) is 3.62. The van der Waals surface area contributed by atoms with Crippen molar-refractivity contribution in [2.24, 2.45) is 22.7 Å². The summed E-state index contributed by atoms with van der Waals surface area (Å²) in [6.07, 6.45) is 6.88. The number of piperazine rings is 1. The minimum absolute atomic E-state index is 0. The lowest BCUT2D eigenvalue weighted by Gasteiger charge is -2.36. The van der Waals surface area contributed by atoms with Gasteiger partial charge in [0.15, 0.2) is 5.96 Å². The molecule has 10 heteroatoms. The first kappa shape index (κ1) is 22.8. The van der Waals surface area contributed by atoms with E-state index in [-0.39, 0.29) is 29.7 Å². The van der Waals surface area contributed by atoms with Gasteiger partial charge in [-0.1, -0.05) is 5.16 Å². The van der Waals surface area contributed by atoms with Crippen molar-refractivity contribution in [3.8, 4) is 0 Å². The quantitative estimate of drug-likeness (QED) is 0.311. The molecule has 0 spiro atoms. The molecule has 0 atom stereocenters. The Morgan fingerprint density at radius 3 is 2.41 bits per heavy atom. The van der Waals surface area contributed by atoms with Gasteiger partial charge < -0.3 is 14.7 Å². The van der Waals surface area contributed by atoms with E-state index in [4.69, 9.17) is 9.52 Å². The molecule has 0 bridgehead atoms. The zero-order valence-electron chi connectivity index (χ0n) is 17.0. The molecule has 1 aromatic rings. The Bertz CT molecular complexity index is 758. The van der Waals surface area contributed by atoms with E-state index in [1.165, 1.54) is 31.9 Å². The summed E-state index contributed by atoms with van der Waals surface area (Å²) in [5.41, 5.74) is 0.448. The van der Waals surface area contributed by atoms with E-state index in [2.05, 4.69) is 22.3 Å². The molecule has 0 unspecified atom stereocenters. The maximum Gasteiger partial charge on any atom is 0.220 e. The van der Waals surface area contributed by atoms with E-state index in [0.717, 1.165) is 36.8 Å². The van der Waals surface area contributed by atoms with Gasteiger partial charge in [-0.05, 0) is 50.4 Å². The largest absolute Gasteiger partial charge is 0.364 e. The van der Waals surface area contributed by atoms with E-state index in [9.17, 15) is 8.42 Å². The molecule has 1 saturated heterocycles. The van der Waals surface area contributed by atoms with Crippen molar-refractivity contribution in [1.82, 2.24) is 19.7 Å². The van der Waals surface area contributed by atoms with Gasteiger partial charge in [0.2, 0.25) is 10.0 Å². The Labute approximate surface area is 190 Å². The predicted octanol–water partition coefficient (Wildman–Crippen LogP) is 2.14. The molecule has 0 radical (unpaired) electrons. The van der Waals surface area contributed by atoms with Gasteiger partial charge in [0.05, 0.1) is 5.69 Å². The monoisotopic (exact) mass is 537 g/mol. The van der Waals surface area contributed by atoms with Crippen LogP contribution in [-0.4, -0.2) is 68.0 Å². The maximum absolute atomic E-state index is 12.6. The summed E-state index contributed by atoms with van der Waals surface area (Å²) in [5.74, 6) is 3.35. The molecular formula is C19H32IN5O3S. The first-order chi connectivity index (χ1) is 13.6. The number of sulfonamides is 1. The number of hydrogen-bond acceptors (Lipinski definition) is 5. The van der Waals surface area contributed by atoms with E-state index in [1.807, 2.05) is 0 Å². The van der Waals surface area contributed by atoms with Crippen molar-refractivity contribution in [1.29, 1.82) is 0 Å². The molecule has 0 amide bonds. The molecule has 2 aliphatic carbocycles. The molecule has 1 aromatic heterocycles. The molecule has 8 nitrogen and oxygen atoms in total. The lowest BCUT2D eigenvalue weighted by molar-refractivity contribution is 0.259. The lowest BCUT2D eigenvalue weighted by atomic mass is 9.98. The van der Waals surface area contributed by atoms with E-state index < -0.39 is 10.0 Å². The SMILES string of the molecule is CCNC(=NCC(C1CC1)C1CC1)N1CCN(S(=O)(=O)Cc2ccon2)CC1.I. The molecule has 164 valence electrons. The van der Waals surface area contributed by atoms with Crippen LogP contribution in [0.4, 0.5) is 0 Å². The highest BCUT2D eigenvalue weighted by Crippen LogP contribution is 2.49. The molecule has 2 heterocycles. The summed E-state index contributed by atoms with van der Waals surface area (Å²) in [4.78, 5) is 7.15. The standard InChI is InChI=1S/C19H31N5O3S.HI/c1-2-20-19(21-13-18(15-3-4-15)16-5-6-16)23-8-10-24(11-9-23)28(25,26)14-17-7-12-27-22-17;/h7,12,15-16,18H,2-6,8-11,13-14H2,1H3,(H,20,21);1H. The number of guanidine groups is 1. The molecule has 3 fully saturated rings. The van der Waals surface area contributed by atoms with E-state index in [1.54, 1.807) is 10.4 Å². The third-order valence-electron chi connectivity index (χ3n) is 5.99. The Morgan fingerprint density at radius 1 is 1.24 bits per heavy atom. The zero-order chi connectivity index (χ0) is 19.6. The maximum atomic E-state index is 12.6. The van der Waals surface area contributed by atoms with Gasteiger partial charge in [0.1, 0.15) is 12.0 Å². The molecule has 3 aliphatic rings. The van der Waals surface area contributed by atoms with Crippen LogP contribution in [0.3, 0.4) is 0 Å². The van der Waals surface area contributed by atoms with E-state index in [0.29, 0.717) is 31.9 Å². The van der Waals surface area contributed by atoms with Gasteiger partial charge in [-0.2, -0.15) is 4.31 Å². The van der Waals surface area contributed by atoms with Crippen molar-refractivity contribution >= 4 is 40.0 Å². The van der Waals surface area contributed by atoms with Crippen LogP contribution in [0, 0.1) is 17.8 Å². The molecule has 1 N–H and O–H groups in total. The summed E-state index contributed by atoms with van der Waals surface area (Å²) >= 11 is 0. The topological polar surface area (TPSA) is 91.0 Å². The van der Waals surface area contributed by atoms with Crippen LogP contribution in [0.5, 0.6) is 0 Å². The second-order valence-electron chi connectivity index (χ2n) is 8.17. The first-order valence-electron chi connectivity index (χ1n) is 10.5. The number of hydrogen-bond donors (Lipinski definition) is 1. The van der Waals surface area contributed by atoms with Gasteiger partial charge in [-0.25, -0.2) is 8.42 Å². The summed E-state index contributed by atoms with van der Waals surface area (Å²) < 4.78 is 31.5. The molecule has 2 saturated carbocycles. The fourth-order valence-electron chi connectivity index (χ4n) is 4.12. The van der Waals surface area contributed by atoms with Gasteiger partial charge in [-0.3, -0.25) is 4.99 Å². The molecule has 0 aromatic carbocycles. The van der Waals surface area contributed by atoms with Crippen molar-refractivity contribution in [2.45, 2.75) is 38.4 Å². The number of nitrogens with zero attached hydrogens (tertiary/aromatic N) is 4. The van der Waals surface area contributed by atoms with Gasteiger partial charge in [0.25, 0.3) is 0 Å². The predicted molar refractivity (Wildman–Crippen MR) is 123 cm³/mol. The first-order valence-corrected chi connectivity index (χ1v) is 12.1. The molecular weight excluding hydrogens is 505 g/mol. The third kappa shape index (κ3) is 6.06. The number of halogens is 1. The van der Waals surface area contributed by atoms with Crippen molar-refractivity contribution in [3.05, 3.63) is 18.0 Å². The Balaban J connectivity index is 0.00000240. The van der Waals surface area contributed by atoms with Gasteiger partial charge in [-0.15, -0.1) is 24.0 Å². The number of aliphatic imine (C=N–C) groups is 1. The third-order valence-corrected chi connectivity index (χ3v) is 7.81. The van der Waals surface area contributed by atoms with Crippen LogP contribution in [0.1, 0.15) is 38.3 Å². The fraction of sp³-hybridized carbons (Fsp3) is 0.789. The second-order valence-corrected chi connectivity index (χ2v) is 10.1. The number of rotatable bonds is 8. The smallest absolute Gasteiger partial charge is 0.220 e. The fourth-order valence-corrected chi connectivity index (χ4v) is 5.54. The average molecular weight is 537 g/mol. The van der Waals surface area contributed by atoms with E-state index >= 15 is 0 Å². The minimum atomic E-state index is -3.38. The minimum Gasteiger partial charge on any atom is -0.364 e. The van der Waals surface area contributed by atoms with Crippen molar-refractivity contribution < 1.29 is 12.9 Å². The van der Waals surface area contributed by atoms with Crippen LogP contribution in [0.2, 0.25) is 0 Å². The highest BCUT2D eigenvalue weighted by atomic mass is 127. The molecule has 1 aliphatic heterocycles. The number of aromatic nitrogens is 1.